The van der Waals surface area contributed by atoms with E-state index < -0.39 is 0 Å². The van der Waals surface area contributed by atoms with E-state index in [-0.39, 0.29) is 10.6 Å². The van der Waals surface area contributed by atoms with Gasteiger partial charge in [-0.1, -0.05) is 35.3 Å². The van der Waals surface area contributed by atoms with Gasteiger partial charge in [-0.05, 0) is 25.0 Å². The first-order chi connectivity index (χ1) is 8.63. The van der Waals surface area contributed by atoms with Crippen molar-refractivity contribution in [2.45, 2.75) is 32.0 Å². The predicted octanol–water partition coefficient (Wildman–Crippen LogP) is 4.12. The number of hydrogen-bond donors (Lipinski definition) is 0. The minimum Gasteiger partial charge on any atom is -0.366 e. The van der Waals surface area contributed by atoms with Crippen molar-refractivity contribution in [3.05, 3.63) is 33.9 Å². The quantitative estimate of drug-likeness (QED) is 0.432. The smallest absolute Gasteiger partial charge is 0.292 e. The summed E-state index contributed by atoms with van der Waals surface area (Å²) in [6, 6.07) is 5.44. The molecule has 0 saturated carbocycles. The van der Waals surface area contributed by atoms with Gasteiger partial charge >= 0.3 is 0 Å². The number of halogens is 1. The topological polar surface area (TPSA) is 46.4 Å². The number of unbranched alkanes of at least 4 members (excludes halogenated alkanes) is 1. The third-order valence-electron chi connectivity index (χ3n) is 2.89. The van der Waals surface area contributed by atoms with Crippen LogP contribution >= 0.6 is 15.9 Å². The molecular weight excluding hydrogens is 296 g/mol. The van der Waals surface area contributed by atoms with Crippen LogP contribution in [-0.2, 0) is 5.33 Å². The molecule has 4 nitrogen and oxygen atoms in total. The second kappa shape index (κ2) is 7.36. The molecule has 0 aromatic heterocycles. The van der Waals surface area contributed by atoms with E-state index in [1.165, 1.54) is 0 Å². The fourth-order valence-corrected chi connectivity index (χ4v) is 2.21. The highest BCUT2D eigenvalue weighted by atomic mass is 79.9. The summed E-state index contributed by atoms with van der Waals surface area (Å²) in [5, 5.41) is 11.8. The fourth-order valence-electron chi connectivity index (χ4n) is 1.86. The Balaban J connectivity index is 3.08. The van der Waals surface area contributed by atoms with Crippen molar-refractivity contribution in [3.8, 4) is 0 Å². The van der Waals surface area contributed by atoms with Crippen LogP contribution in [0.15, 0.2) is 18.2 Å². The zero-order valence-electron chi connectivity index (χ0n) is 10.9. The molecule has 0 aliphatic carbocycles. The lowest BCUT2D eigenvalue weighted by Crippen LogP contribution is -2.24. The summed E-state index contributed by atoms with van der Waals surface area (Å²) < 4.78 is 0. The highest BCUT2D eigenvalue weighted by molar-refractivity contribution is 9.08. The Kier molecular flexibility index (Phi) is 6.12. The molecule has 100 valence electrons. The van der Waals surface area contributed by atoms with Crippen LogP contribution < -0.4 is 4.90 Å². The number of nitro groups is 1. The standard InChI is InChI=1S/C13H19BrN2O2/c1-3-5-8-15(4-2)12-7-6-11(10-14)9-13(12)16(17)18/h6-7,9H,3-5,8,10H2,1-2H3. The summed E-state index contributed by atoms with van der Waals surface area (Å²) in [7, 11) is 0. The van der Waals surface area contributed by atoms with E-state index >= 15 is 0 Å². The molecule has 1 rings (SSSR count). The first kappa shape index (κ1) is 15.0. The Labute approximate surface area is 116 Å². The largest absolute Gasteiger partial charge is 0.366 e. The molecule has 0 radical (unpaired) electrons. The molecule has 0 saturated heterocycles. The third kappa shape index (κ3) is 3.70. The second-order valence-corrected chi connectivity index (χ2v) is 4.71. The first-order valence-corrected chi connectivity index (χ1v) is 7.34. The molecular formula is C13H19BrN2O2. The van der Waals surface area contributed by atoms with Crippen LogP contribution in [0.2, 0.25) is 0 Å². The lowest BCUT2D eigenvalue weighted by atomic mass is 10.1. The summed E-state index contributed by atoms with van der Waals surface area (Å²) in [5.74, 6) is 0. The van der Waals surface area contributed by atoms with Gasteiger partial charge in [0.1, 0.15) is 5.69 Å². The Bertz CT molecular complexity index is 410. The van der Waals surface area contributed by atoms with Crippen molar-refractivity contribution >= 4 is 27.3 Å². The summed E-state index contributed by atoms with van der Waals surface area (Å²) >= 11 is 3.33. The first-order valence-electron chi connectivity index (χ1n) is 6.22. The SMILES string of the molecule is CCCCN(CC)c1ccc(CBr)cc1[N+](=O)[O-]. The number of anilines is 1. The molecule has 0 unspecified atom stereocenters. The Morgan fingerprint density at radius 3 is 2.61 bits per heavy atom. The molecule has 0 fully saturated rings. The maximum Gasteiger partial charge on any atom is 0.292 e. The van der Waals surface area contributed by atoms with Gasteiger partial charge < -0.3 is 4.90 Å². The maximum atomic E-state index is 11.1. The molecule has 0 spiro atoms. The van der Waals surface area contributed by atoms with Crippen LogP contribution in [0.4, 0.5) is 11.4 Å². The molecule has 5 heteroatoms. The van der Waals surface area contributed by atoms with Gasteiger partial charge in [-0.3, -0.25) is 10.1 Å². The Morgan fingerprint density at radius 2 is 2.11 bits per heavy atom. The van der Waals surface area contributed by atoms with E-state index in [4.69, 9.17) is 0 Å². The Hall–Kier alpha value is -1.10. The molecule has 1 aromatic carbocycles. The van der Waals surface area contributed by atoms with E-state index in [0.29, 0.717) is 5.33 Å². The van der Waals surface area contributed by atoms with Gasteiger partial charge in [0.25, 0.3) is 5.69 Å². The zero-order valence-corrected chi connectivity index (χ0v) is 12.4. The van der Waals surface area contributed by atoms with E-state index in [1.807, 2.05) is 19.1 Å². The Morgan fingerprint density at radius 1 is 1.39 bits per heavy atom. The van der Waals surface area contributed by atoms with Crippen LogP contribution in [0.3, 0.4) is 0 Å². The van der Waals surface area contributed by atoms with Crippen molar-refractivity contribution in [1.29, 1.82) is 0 Å². The minimum atomic E-state index is -0.296. The van der Waals surface area contributed by atoms with E-state index in [9.17, 15) is 10.1 Å². The van der Waals surface area contributed by atoms with E-state index in [2.05, 4.69) is 27.8 Å². The zero-order chi connectivity index (χ0) is 13.5. The number of benzene rings is 1. The number of rotatable bonds is 7. The average Bonchev–Trinajstić information content (AvgIpc) is 2.39. The number of nitrogens with zero attached hydrogens (tertiary/aromatic N) is 2. The lowest BCUT2D eigenvalue weighted by molar-refractivity contribution is -0.384. The fraction of sp³-hybridized carbons (Fsp3) is 0.538. The summed E-state index contributed by atoms with van der Waals surface area (Å²) in [4.78, 5) is 12.9. The molecule has 1 aromatic rings. The average molecular weight is 315 g/mol. The number of nitro benzene ring substituents is 1. The molecule has 0 atom stereocenters. The van der Waals surface area contributed by atoms with E-state index in [1.54, 1.807) is 6.07 Å². The van der Waals surface area contributed by atoms with E-state index in [0.717, 1.165) is 37.2 Å². The van der Waals surface area contributed by atoms with Gasteiger partial charge in [0, 0.05) is 24.5 Å². The summed E-state index contributed by atoms with van der Waals surface area (Å²) in [6.45, 7) is 5.80. The van der Waals surface area contributed by atoms with Gasteiger partial charge in [0.2, 0.25) is 0 Å². The highest BCUT2D eigenvalue weighted by Crippen LogP contribution is 2.30. The summed E-state index contributed by atoms with van der Waals surface area (Å²) in [5.41, 5.74) is 1.85. The minimum absolute atomic E-state index is 0.199. The van der Waals surface area contributed by atoms with Crippen LogP contribution in [0.25, 0.3) is 0 Å². The van der Waals surface area contributed by atoms with Gasteiger partial charge in [0.15, 0.2) is 0 Å². The van der Waals surface area contributed by atoms with Crippen molar-refractivity contribution < 1.29 is 4.92 Å². The molecule has 0 amide bonds. The van der Waals surface area contributed by atoms with Gasteiger partial charge in [-0.15, -0.1) is 0 Å². The number of hydrogen-bond acceptors (Lipinski definition) is 3. The maximum absolute atomic E-state index is 11.1. The molecule has 0 heterocycles. The normalized spacial score (nSPS) is 10.4. The van der Waals surface area contributed by atoms with Crippen molar-refractivity contribution in [3.63, 3.8) is 0 Å². The van der Waals surface area contributed by atoms with Crippen LogP contribution in [-0.4, -0.2) is 18.0 Å². The van der Waals surface area contributed by atoms with Gasteiger partial charge in [-0.25, -0.2) is 0 Å². The molecule has 0 bridgehead atoms. The van der Waals surface area contributed by atoms with Crippen molar-refractivity contribution in [2.24, 2.45) is 0 Å². The summed E-state index contributed by atoms with van der Waals surface area (Å²) in [6.07, 6.45) is 2.13. The van der Waals surface area contributed by atoms with Gasteiger partial charge in [-0.2, -0.15) is 0 Å². The van der Waals surface area contributed by atoms with Crippen molar-refractivity contribution in [2.75, 3.05) is 18.0 Å². The van der Waals surface area contributed by atoms with Gasteiger partial charge in [0.05, 0.1) is 4.92 Å². The third-order valence-corrected chi connectivity index (χ3v) is 3.54. The van der Waals surface area contributed by atoms with Crippen molar-refractivity contribution in [1.82, 2.24) is 0 Å². The molecule has 18 heavy (non-hydrogen) atoms. The van der Waals surface area contributed by atoms with Crippen LogP contribution in [0.1, 0.15) is 32.3 Å². The number of alkyl halides is 1. The molecule has 0 N–H and O–H groups in total. The monoisotopic (exact) mass is 314 g/mol. The van der Waals surface area contributed by atoms with Crippen LogP contribution in [0.5, 0.6) is 0 Å². The highest BCUT2D eigenvalue weighted by Gasteiger charge is 2.18. The predicted molar refractivity (Wildman–Crippen MR) is 78.5 cm³/mol. The lowest BCUT2D eigenvalue weighted by Gasteiger charge is -2.22. The van der Waals surface area contributed by atoms with Crippen LogP contribution in [0, 0.1) is 10.1 Å². The second-order valence-electron chi connectivity index (χ2n) is 4.15. The molecule has 0 aliphatic rings. The molecule has 0 aliphatic heterocycles.